The molecule has 12 N–H and O–H groups in total. The summed E-state index contributed by atoms with van der Waals surface area (Å²) in [6.45, 7) is 23.0. The first-order valence-electron chi connectivity index (χ1n) is 44.2. The second kappa shape index (κ2) is 43.5. The van der Waals surface area contributed by atoms with E-state index in [1.165, 1.54) is 39.3 Å². The minimum atomic E-state index is -0.789. The van der Waals surface area contributed by atoms with Crippen LogP contribution in [0.25, 0.3) is 100 Å². The van der Waals surface area contributed by atoms with Crippen LogP contribution < -0.4 is 63.8 Å². The van der Waals surface area contributed by atoms with Gasteiger partial charge >= 0.3 is 36.6 Å². The van der Waals surface area contributed by atoms with Crippen molar-refractivity contribution in [1.29, 1.82) is 0 Å². The molecule has 3 aliphatic rings. The Kier molecular flexibility index (Phi) is 31.3. The van der Waals surface area contributed by atoms with Crippen molar-refractivity contribution in [3.05, 3.63) is 214 Å². The summed E-state index contributed by atoms with van der Waals surface area (Å²) >= 11 is 0. The van der Waals surface area contributed by atoms with Gasteiger partial charge in [-0.25, -0.2) is 28.8 Å². The zero-order chi connectivity index (χ0) is 99.0. The predicted molar refractivity (Wildman–Crippen MR) is 520 cm³/mol. The fraction of sp³-hybridized carbons (Fsp3) is 0.294. The summed E-state index contributed by atoms with van der Waals surface area (Å²) in [6.07, 6.45) is -4.58. The molecule has 0 fully saturated rings. The van der Waals surface area contributed by atoms with Crippen LogP contribution in [0.4, 0.5) is 62.9 Å². The van der Waals surface area contributed by atoms with Crippen molar-refractivity contribution in [1.82, 2.24) is 31.9 Å². The van der Waals surface area contributed by atoms with Gasteiger partial charge in [0.1, 0.15) is 73.7 Å². The maximum absolute atomic E-state index is 13.5. The Morgan fingerprint density at radius 3 is 0.725 bits per heavy atom. The molecule has 0 aliphatic carbocycles. The number of anilines is 6. The smallest absolute Gasteiger partial charge is 0.411 e. The van der Waals surface area contributed by atoms with E-state index >= 15 is 0 Å². The zero-order valence-corrected chi connectivity index (χ0v) is 78.9. The number of benzene rings is 9. The first kappa shape index (κ1) is 99.4. The van der Waals surface area contributed by atoms with Gasteiger partial charge < -0.3 is 87.8 Å². The summed E-state index contributed by atoms with van der Waals surface area (Å²) in [5.41, 5.74) is 10.4. The molecule has 36 nitrogen and oxygen atoms in total. The van der Waals surface area contributed by atoms with E-state index in [1.807, 2.05) is 156 Å². The topological polar surface area (TPSA) is 472 Å². The van der Waals surface area contributed by atoms with Crippen LogP contribution in [0.3, 0.4) is 0 Å². The highest BCUT2D eigenvalue weighted by molar-refractivity contribution is 6.17. The molecule has 3 aromatic heterocycles. The number of nitrogens with one attached hydrogen (secondary N) is 12. The van der Waals surface area contributed by atoms with Crippen LogP contribution in [0.1, 0.15) is 141 Å². The molecule has 720 valence electrons. The highest BCUT2D eigenvalue weighted by atomic mass is 16.6. The van der Waals surface area contributed by atoms with Crippen LogP contribution in [-0.4, -0.2) is 189 Å². The second-order valence-corrected chi connectivity index (χ2v) is 35.3. The summed E-state index contributed by atoms with van der Waals surface area (Å²) in [4.78, 5) is 157. The van der Waals surface area contributed by atoms with Crippen molar-refractivity contribution >= 4 is 139 Å². The van der Waals surface area contributed by atoms with Crippen molar-refractivity contribution in [3.63, 3.8) is 0 Å². The van der Waals surface area contributed by atoms with Crippen molar-refractivity contribution in [3.8, 4) is 67.4 Å². The normalized spacial score (nSPS) is 14.3. The van der Waals surface area contributed by atoms with Crippen molar-refractivity contribution in [2.45, 2.75) is 99.7 Å². The Bertz CT molecular complexity index is 6670. The van der Waals surface area contributed by atoms with E-state index in [4.69, 9.17) is 55.9 Å². The number of carbonyl (C=O) groups excluding carboxylic acids is 12. The molecule has 0 radical (unpaired) electrons. The van der Waals surface area contributed by atoms with E-state index in [1.54, 1.807) is 72.8 Å². The number of fused-ring (bicyclic) bond motifs is 15. The number of amides is 12. The molecule has 0 atom stereocenters. The zero-order valence-electron chi connectivity index (χ0n) is 78.9. The average molecular weight is 1890 g/mol. The Labute approximate surface area is 793 Å². The third-order valence-corrected chi connectivity index (χ3v) is 21.0. The summed E-state index contributed by atoms with van der Waals surface area (Å²) in [6, 6.07) is 46.9. The molecule has 0 saturated heterocycles. The fourth-order valence-corrected chi connectivity index (χ4v) is 14.8. The van der Waals surface area contributed by atoms with Crippen LogP contribution in [0, 0.1) is 20.8 Å². The van der Waals surface area contributed by atoms with E-state index in [0.29, 0.717) is 117 Å². The number of ether oxygens (including phenoxy) is 9. The Morgan fingerprint density at radius 1 is 0.268 bits per heavy atom. The molecule has 6 bridgehead atoms. The van der Waals surface area contributed by atoms with E-state index in [0.717, 1.165) is 16.7 Å². The molecule has 6 heterocycles. The maximum Gasteiger partial charge on any atom is 0.411 e. The van der Waals surface area contributed by atoms with Crippen molar-refractivity contribution < 1.29 is 113 Å². The molecule has 36 heteroatoms. The molecule has 3 aliphatic heterocycles. The number of aryl methyl sites for hydroxylation is 3. The van der Waals surface area contributed by atoms with Crippen LogP contribution in [0.15, 0.2) is 177 Å². The van der Waals surface area contributed by atoms with Crippen LogP contribution in [0.5, 0.6) is 0 Å². The summed E-state index contributed by atoms with van der Waals surface area (Å²) < 4.78 is 66.6. The van der Waals surface area contributed by atoms with Crippen LogP contribution in [0.2, 0.25) is 0 Å². The molecule has 0 unspecified atom stereocenters. The van der Waals surface area contributed by atoms with E-state index in [9.17, 15) is 57.5 Å². The van der Waals surface area contributed by atoms with Gasteiger partial charge in [0.25, 0.3) is 35.4 Å². The largest absolute Gasteiger partial charge is 0.455 e. The maximum atomic E-state index is 13.5. The number of hydrogen-bond acceptors (Lipinski definition) is 24. The summed E-state index contributed by atoms with van der Waals surface area (Å²) in [7, 11) is 4.58. The molecule has 12 aromatic rings. The quantitative estimate of drug-likeness (QED) is 0.0597. The van der Waals surface area contributed by atoms with Gasteiger partial charge in [-0.15, -0.1) is 0 Å². The first-order chi connectivity index (χ1) is 65.7. The van der Waals surface area contributed by atoms with Gasteiger partial charge in [0, 0.05) is 139 Å². The Hall–Kier alpha value is -16.1. The molecular formula is C102H108N12O24. The van der Waals surface area contributed by atoms with Gasteiger partial charge in [-0.2, -0.15) is 0 Å². The molecule has 0 spiro atoms. The van der Waals surface area contributed by atoms with Gasteiger partial charge in [-0.1, -0.05) is 89.5 Å². The lowest BCUT2D eigenvalue weighted by atomic mass is 9.96. The second-order valence-electron chi connectivity index (χ2n) is 35.3. The van der Waals surface area contributed by atoms with Crippen LogP contribution >= 0.6 is 0 Å². The minimum absolute atomic E-state index is 0.0166. The van der Waals surface area contributed by atoms with E-state index < -0.39 is 59.1 Å². The standard InChI is InChI=1S/C36H40N4O9.C34H36N4O8.C32H32N4O7/c1-21-6-8-22(9-7-21)31-30(33(42)37-5)27-19-26-23-16-24(32(41)40-36(2,3)4)18-25(17-23)38-34(43)47-14-12-45-10-11-46-13-15-48-35(44)39-28(26)20-29(27)49-31;1-19-6-8-20(9-7-19)29-28(31(40)35-5)25-17-24-21-14-22(30(39)38-34(2,3)4)16-23(15-21)36-32(41)44-12-10-43-11-13-45-33(42)37-26(24)18-27(25)46-29;1-17-6-8-18(9-7-17)27-26(29(38)33-5)23-15-22-19-12-20(28(37)36-32(2,3)4)14-21(13-19)34-30(39)41-10-11-42-31(40)35-24(22)16-25(23)43-27/h6-9,16-20H,10-15H2,1-5H3,(H,37,42)(H,38,43)(H,39,44)(H,40,41);6-9,14-18H,10-13H2,1-5H3,(H,35,40)(H,36,41)(H,37,42)(H,38,39);6-9,12-16H,10-11H2,1-5H3,(H,33,38)(H,34,39)(H,35,40)(H,36,37). The number of cyclic esters (lactones) is 6. The van der Waals surface area contributed by atoms with Crippen LogP contribution in [-0.2, 0) is 42.6 Å². The van der Waals surface area contributed by atoms with Gasteiger partial charge in [0.05, 0.1) is 73.4 Å². The summed E-state index contributed by atoms with van der Waals surface area (Å²) in [5, 5.41) is 34.5. The molecule has 9 aromatic carbocycles. The molecule has 12 amide bonds. The van der Waals surface area contributed by atoms with Gasteiger partial charge in [0.2, 0.25) is 0 Å². The molecule has 15 rings (SSSR count). The predicted octanol–water partition coefficient (Wildman–Crippen LogP) is 18.3. The minimum Gasteiger partial charge on any atom is -0.455 e. The fourth-order valence-electron chi connectivity index (χ4n) is 14.8. The number of furan rings is 3. The van der Waals surface area contributed by atoms with Gasteiger partial charge in [-0.05, 0) is 173 Å². The number of carbonyl (C=O) groups is 12. The lowest BCUT2D eigenvalue weighted by molar-refractivity contribution is 0.0179. The lowest BCUT2D eigenvalue weighted by Gasteiger charge is -2.21. The third-order valence-electron chi connectivity index (χ3n) is 21.0. The van der Waals surface area contributed by atoms with Gasteiger partial charge in [-0.3, -0.25) is 60.7 Å². The highest BCUT2D eigenvalue weighted by Crippen LogP contribution is 2.46. The first-order valence-corrected chi connectivity index (χ1v) is 44.2. The van der Waals surface area contributed by atoms with E-state index in [-0.39, 0.29) is 160 Å². The number of hydrogen-bond donors (Lipinski definition) is 12. The summed E-state index contributed by atoms with van der Waals surface area (Å²) in [5.74, 6) is -1.25. The number of rotatable bonds is 9. The average Bonchev–Trinajstić information content (AvgIpc) is 1.60. The Morgan fingerprint density at radius 2 is 0.493 bits per heavy atom. The molecular weight excluding hydrogens is 1780 g/mol. The molecule has 138 heavy (non-hydrogen) atoms. The SMILES string of the molecule is CNC(=O)c1c(-c2ccc(C)cc2)oc2cc3c(cc12)-c1cc(cc(C(=O)NC(C)(C)C)c1)NC(=O)OCCOC(=O)N3.CNC(=O)c1c(-c2ccc(C)cc2)oc2cc3c(cc12)-c1cc(cc(C(=O)NC(C)(C)C)c1)NC(=O)OCCOCCOC(=O)N3.CNC(=O)c1c(-c2ccc(C)cc2)oc2cc3c(cc12)-c1cc(cc(C(=O)NC(C)(C)C)c1)NC(=O)OCCOCCOCCOC(=O)N3. The third kappa shape index (κ3) is 25.7. The van der Waals surface area contributed by atoms with Crippen molar-refractivity contribution in [2.24, 2.45) is 0 Å². The van der Waals surface area contributed by atoms with Crippen molar-refractivity contribution in [2.75, 3.05) is 132 Å². The molecule has 0 saturated carbocycles. The monoisotopic (exact) mass is 1880 g/mol. The van der Waals surface area contributed by atoms with E-state index in [2.05, 4.69) is 63.8 Å². The van der Waals surface area contributed by atoms with Gasteiger partial charge in [0.15, 0.2) is 0 Å². The highest BCUT2D eigenvalue weighted by Gasteiger charge is 2.32. The Balaban J connectivity index is 0.000000175. The lowest BCUT2D eigenvalue weighted by Crippen LogP contribution is -2.40.